The monoisotopic (exact) mass is 230 g/mol. The summed E-state index contributed by atoms with van der Waals surface area (Å²) in [6, 6.07) is 5.74. The maximum absolute atomic E-state index is 13.4. The summed E-state index contributed by atoms with van der Waals surface area (Å²) in [7, 11) is -3.24. The van der Waals surface area contributed by atoms with Crippen LogP contribution in [0, 0.1) is 5.82 Å². The highest BCUT2D eigenvalue weighted by Gasteiger charge is 2.43. The molecule has 0 radical (unpaired) electrons. The lowest BCUT2D eigenvalue weighted by Crippen LogP contribution is -2.28. The van der Waals surface area contributed by atoms with Gasteiger partial charge in [-0.05, 0) is 12.5 Å². The Bertz CT molecular complexity index is 483. The van der Waals surface area contributed by atoms with Crippen LogP contribution >= 0.6 is 0 Å². The first-order chi connectivity index (χ1) is 6.93. The predicted molar refractivity (Wildman–Crippen MR) is 53.6 cm³/mol. The van der Waals surface area contributed by atoms with Crippen LogP contribution in [0.3, 0.4) is 0 Å². The fraction of sp³-hybridized carbons (Fsp3) is 0.400. The van der Waals surface area contributed by atoms with Crippen molar-refractivity contribution in [3.8, 4) is 0 Å². The summed E-state index contributed by atoms with van der Waals surface area (Å²) in [5.74, 6) is -1.03. The van der Waals surface area contributed by atoms with Gasteiger partial charge in [-0.15, -0.1) is 0 Å². The molecule has 1 aliphatic rings. The Labute approximate surface area is 87.5 Å². The number of rotatable bonds is 1. The van der Waals surface area contributed by atoms with E-state index in [9.17, 15) is 17.9 Å². The number of hydrogen-bond acceptors (Lipinski definition) is 3. The average Bonchev–Trinajstić information content (AvgIpc) is 2.42. The molecule has 0 aliphatic carbocycles. The number of sulfone groups is 1. The highest BCUT2D eigenvalue weighted by atomic mass is 32.2. The van der Waals surface area contributed by atoms with E-state index in [1.165, 1.54) is 18.2 Å². The fourth-order valence-electron chi connectivity index (χ4n) is 1.88. The predicted octanol–water partition coefficient (Wildman–Crippen LogP) is 0.832. The molecule has 1 saturated heterocycles. The van der Waals surface area contributed by atoms with E-state index in [2.05, 4.69) is 0 Å². The third-order valence-corrected chi connectivity index (χ3v) is 4.40. The van der Waals surface area contributed by atoms with Gasteiger partial charge in [-0.3, -0.25) is 0 Å². The van der Waals surface area contributed by atoms with E-state index in [-0.39, 0.29) is 23.5 Å². The van der Waals surface area contributed by atoms with Crippen LogP contribution in [0.25, 0.3) is 0 Å². The molecule has 5 heteroatoms. The first-order valence-electron chi connectivity index (χ1n) is 4.61. The molecule has 0 bridgehead atoms. The Morgan fingerprint density at radius 2 is 2.00 bits per heavy atom. The van der Waals surface area contributed by atoms with Gasteiger partial charge < -0.3 is 5.11 Å². The molecule has 0 aromatic heterocycles. The zero-order valence-corrected chi connectivity index (χ0v) is 8.80. The average molecular weight is 230 g/mol. The van der Waals surface area contributed by atoms with E-state index in [0.717, 1.165) is 0 Å². The molecule has 0 saturated carbocycles. The second-order valence-electron chi connectivity index (χ2n) is 3.85. The highest BCUT2D eigenvalue weighted by Crippen LogP contribution is 2.34. The molecule has 1 heterocycles. The molecule has 0 amide bonds. The van der Waals surface area contributed by atoms with Gasteiger partial charge >= 0.3 is 0 Å². The molecule has 1 aromatic carbocycles. The summed E-state index contributed by atoms with van der Waals surface area (Å²) >= 11 is 0. The summed E-state index contributed by atoms with van der Waals surface area (Å²) in [5, 5.41) is 10.1. The quantitative estimate of drug-likeness (QED) is 0.777. The maximum Gasteiger partial charge on any atom is 0.153 e. The number of halogens is 1. The van der Waals surface area contributed by atoms with Crippen LogP contribution in [-0.2, 0) is 15.4 Å². The molecular weight excluding hydrogens is 219 g/mol. The molecule has 1 aliphatic heterocycles. The standard InChI is InChI=1S/C10H11FO3S/c11-9-4-2-1-3-8(9)10(12)5-6-15(13,14)7-10/h1-4,12H,5-7H2. The van der Waals surface area contributed by atoms with E-state index in [1.54, 1.807) is 6.07 Å². The van der Waals surface area contributed by atoms with Crippen molar-refractivity contribution in [2.75, 3.05) is 11.5 Å². The summed E-state index contributed by atoms with van der Waals surface area (Å²) in [4.78, 5) is 0. The Kier molecular flexibility index (Phi) is 2.31. The van der Waals surface area contributed by atoms with Crippen LogP contribution in [0.5, 0.6) is 0 Å². The summed E-state index contributed by atoms with van der Waals surface area (Å²) in [6.07, 6.45) is 0.0657. The first-order valence-corrected chi connectivity index (χ1v) is 6.43. The maximum atomic E-state index is 13.4. The number of benzene rings is 1. The van der Waals surface area contributed by atoms with Crippen molar-refractivity contribution in [3.05, 3.63) is 35.6 Å². The van der Waals surface area contributed by atoms with Crippen LogP contribution in [0.15, 0.2) is 24.3 Å². The first kappa shape index (κ1) is 10.6. The summed E-state index contributed by atoms with van der Waals surface area (Å²) in [6.45, 7) is 0. The molecule has 2 rings (SSSR count). The van der Waals surface area contributed by atoms with Crippen molar-refractivity contribution in [1.82, 2.24) is 0 Å². The lowest BCUT2D eigenvalue weighted by molar-refractivity contribution is 0.0614. The van der Waals surface area contributed by atoms with E-state index >= 15 is 0 Å². The van der Waals surface area contributed by atoms with Crippen LogP contribution in [0.1, 0.15) is 12.0 Å². The Morgan fingerprint density at radius 1 is 1.33 bits per heavy atom. The minimum Gasteiger partial charge on any atom is -0.384 e. The van der Waals surface area contributed by atoms with E-state index in [4.69, 9.17) is 0 Å². The lowest BCUT2D eigenvalue weighted by Gasteiger charge is -2.21. The topological polar surface area (TPSA) is 54.4 Å². The van der Waals surface area contributed by atoms with E-state index in [1.807, 2.05) is 0 Å². The van der Waals surface area contributed by atoms with Crippen LogP contribution in [0.4, 0.5) is 4.39 Å². The van der Waals surface area contributed by atoms with Gasteiger partial charge in [0, 0.05) is 5.56 Å². The molecule has 1 fully saturated rings. The van der Waals surface area contributed by atoms with Gasteiger partial charge in [0.2, 0.25) is 0 Å². The largest absolute Gasteiger partial charge is 0.384 e. The summed E-state index contributed by atoms with van der Waals surface area (Å²) < 4.78 is 35.9. The number of hydrogen-bond donors (Lipinski definition) is 1. The molecule has 1 atom stereocenters. The number of aliphatic hydroxyl groups is 1. The molecule has 82 valence electrons. The molecule has 1 aromatic rings. The van der Waals surface area contributed by atoms with Crippen LogP contribution < -0.4 is 0 Å². The minimum absolute atomic E-state index is 0.0657. The molecule has 3 nitrogen and oxygen atoms in total. The fourth-order valence-corrected chi connectivity index (χ4v) is 3.70. The van der Waals surface area contributed by atoms with Gasteiger partial charge in [0.15, 0.2) is 9.84 Å². The normalized spacial score (nSPS) is 29.2. The highest BCUT2D eigenvalue weighted by molar-refractivity contribution is 7.91. The molecule has 1 N–H and O–H groups in total. The lowest BCUT2D eigenvalue weighted by atomic mass is 9.93. The van der Waals surface area contributed by atoms with Gasteiger partial charge in [-0.25, -0.2) is 12.8 Å². The molecular formula is C10H11FO3S. The minimum atomic E-state index is -3.24. The molecule has 1 unspecified atom stereocenters. The molecule has 0 spiro atoms. The SMILES string of the molecule is O=S1(=O)CCC(O)(c2ccccc2F)C1. The Balaban J connectivity index is 2.44. The zero-order valence-electron chi connectivity index (χ0n) is 7.98. The van der Waals surface area contributed by atoms with Gasteiger partial charge in [0.25, 0.3) is 0 Å². The van der Waals surface area contributed by atoms with Crippen molar-refractivity contribution < 1.29 is 17.9 Å². The van der Waals surface area contributed by atoms with Gasteiger partial charge in [0.1, 0.15) is 11.4 Å². The second kappa shape index (κ2) is 3.28. The van der Waals surface area contributed by atoms with Crippen molar-refractivity contribution in [2.45, 2.75) is 12.0 Å². The third kappa shape index (κ3) is 1.89. The van der Waals surface area contributed by atoms with Crippen molar-refractivity contribution in [2.24, 2.45) is 0 Å². The smallest absolute Gasteiger partial charge is 0.153 e. The summed E-state index contributed by atoms with van der Waals surface area (Å²) in [5.41, 5.74) is -1.48. The van der Waals surface area contributed by atoms with Crippen molar-refractivity contribution in [3.63, 3.8) is 0 Å². The van der Waals surface area contributed by atoms with Gasteiger partial charge in [0.05, 0.1) is 11.5 Å². The van der Waals surface area contributed by atoms with E-state index < -0.39 is 21.3 Å². The van der Waals surface area contributed by atoms with Crippen molar-refractivity contribution in [1.29, 1.82) is 0 Å². The molecule has 15 heavy (non-hydrogen) atoms. The van der Waals surface area contributed by atoms with Crippen molar-refractivity contribution >= 4 is 9.84 Å². The Morgan fingerprint density at radius 3 is 2.53 bits per heavy atom. The zero-order chi connectivity index (χ0) is 11.1. The van der Waals surface area contributed by atoms with Gasteiger partial charge in [-0.2, -0.15) is 0 Å². The second-order valence-corrected chi connectivity index (χ2v) is 6.04. The van der Waals surface area contributed by atoms with E-state index in [0.29, 0.717) is 0 Å². The third-order valence-electron chi connectivity index (χ3n) is 2.66. The van der Waals surface area contributed by atoms with Crippen LogP contribution in [0.2, 0.25) is 0 Å². The van der Waals surface area contributed by atoms with Crippen LogP contribution in [-0.4, -0.2) is 25.0 Å². The van der Waals surface area contributed by atoms with Gasteiger partial charge in [-0.1, -0.05) is 18.2 Å². The Hall–Kier alpha value is -0.940.